The molecule has 2 aromatic rings. The highest BCUT2D eigenvalue weighted by molar-refractivity contribution is 6.29. The number of carbonyl (C=O) groups is 1. The minimum absolute atomic E-state index is 0.0147. The van der Waals surface area contributed by atoms with Crippen molar-refractivity contribution in [3.8, 4) is 0 Å². The van der Waals surface area contributed by atoms with Gasteiger partial charge in [0.15, 0.2) is 5.82 Å². The number of aliphatic imine (C=N–C) groups is 1. The van der Waals surface area contributed by atoms with Crippen LogP contribution in [0.25, 0.3) is 0 Å². The molecular formula is C17H21ClN6O2. The number of primary amides is 1. The number of hydrogen-bond donors (Lipinski definition) is 3. The number of nitrogens with two attached hydrogens (primary N) is 1. The van der Waals surface area contributed by atoms with Gasteiger partial charge in [-0.15, -0.1) is 0 Å². The van der Waals surface area contributed by atoms with Crippen LogP contribution in [0.3, 0.4) is 0 Å². The molecule has 0 spiro atoms. The molecule has 2 aromatic heterocycles. The number of anilines is 2. The fourth-order valence-electron chi connectivity index (χ4n) is 3.35. The molecule has 3 unspecified atom stereocenters. The molecule has 4 N–H and O–H groups in total. The lowest BCUT2D eigenvalue weighted by Gasteiger charge is -2.33. The van der Waals surface area contributed by atoms with Gasteiger partial charge in [-0.05, 0) is 38.1 Å². The Bertz CT molecular complexity index is 791. The standard InChI is InChI=1S/C17H21ClN6O2/c1-20-7-10-6-12(25)3-4-14(10)24-9-13(16(19)26)17(23-24)22-11-2-5-15(18)21-8-11/h2,5,8-10,12,14,25H,1,3-4,6-7H2,(H2,19,26)(H,22,23). The zero-order valence-electron chi connectivity index (χ0n) is 14.2. The van der Waals surface area contributed by atoms with Gasteiger partial charge in [-0.3, -0.25) is 9.48 Å². The molecule has 1 fully saturated rings. The third kappa shape index (κ3) is 4.03. The van der Waals surface area contributed by atoms with E-state index in [0.717, 1.165) is 6.42 Å². The minimum Gasteiger partial charge on any atom is -0.393 e. The summed E-state index contributed by atoms with van der Waals surface area (Å²) < 4.78 is 1.74. The maximum atomic E-state index is 11.8. The van der Waals surface area contributed by atoms with E-state index in [2.05, 4.69) is 27.1 Å². The number of halogens is 1. The van der Waals surface area contributed by atoms with E-state index in [1.54, 1.807) is 29.2 Å². The van der Waals surface area contributed by atoms with E-state index in [4.69, 9.17) is 17.3 Å². The van der Waals surface area contributed by atoms with E-state index in [-0.39, 0.29) is 23.6 Å². The number of rotatable bonds is 6. The largest absolute Gasteiger partial charge is 0.393 e. The highest BCUT2D eigenvalue weighted by Crippen LogP contribution is 2.35. The number of pyridine rings is 1. The Morgan fingerprint density at radius 1 is 1.50 bits per heavy atom. The zero-order chi connectivity index (χ0) is 18.7. The normalized spacial score (nSPS) is 22.8. The molecular weight excluding hydrogens is 356 g/mol. The Kier molecular flexibility index (Phi) is 5.53. The first-order chi connectivity index (χ1) is 12.5. The van der Waals surface area contributed by atoms with Gasteiger partial charge in [0.1, 0.15) is 10.7 Å². The monoisotopic (exact) mass is 376 g/mol. The number of aliphatic hydroxyl groups is 1. The molecule has 26 heavy (non-hydrogen) atoms. The van der Waals surface area contributed by atoms with Crippen molar-refractivity contribution in [2.75, 3.05) is 11.9 Å². The second kappa shape index (κ2) is 7.84. The molecule has 1 aliphatic carbocycles. The van der Waals surface area contributed by atoms with Crippen LogP contribution >= 0.6 is 11.6 Å². The van der Waals surface area contributed by atoms with Crippen LogP contribution in [-0.4, -0.2) is 45.1 Å². The van der Waals surface area contributed by atoms with Crippen LogP contribution in [-0.2, 0) is 0 Å². The summed E-state index contributed by atoms with van der Waals surface area (Å²) >= 11 is 5.79. The van der Waals surface area contributed by atoms with Crippen LogP contribution in [0.1, 0.15) is 35.7 Å². The van der Waals surface area contributed by atoms with Crippen molar-refractivity contribution in [2.45, 2.75) is 31.4 Å². The summed E-state index contributed by atoms with van der Waals surface area (Å²) in [5.74, 6) is -0.116. The number of nitrogens with zero attached hydrogens (tertiary/aromatic N) is 4. The van der Waals surface area contributed by atoms with Gasteiger partial charge in [0.25, 0.3) is 5.91 Å². The fourth-order valence-corrected chi connectivity index (χ4v) is 3.47. The number of amides is 1. The Morgan fingerprint density at radius 2 is 2.31 bits per heavy atom. The molecule has 8 nitrogen and oxygen atoms in total. The van der Waals surface area contributed by atoms with Crippen LogP contribution in [0.2, 0.25) is 5.15 Å². The maximum absolute atomic E-state index is 11.8. The molecule has 0 aromatic carbocycles. The SMILES string of the molecule is C=NCC1CC(O)CCC1n1cc(C(N)=O)c(Nc2ccc(Cl)nc2)n1. The summed E-state index contributed by atoms with van der Waals surface area (Å²) in [4.78, 5) is 19.8. The van der Waals surface area contributed by atoms with Crippen molar-refractivity contribution in [1.82, 2.24) is 14.8 Å². The third-order valence-corrected chi connectivity index (χ3v) is 4.83. The summed E-state index contributed by atoms with van der Waals surface area (Å²) in [6, 6.07) is 3.39. The van der Waals surface area contributed by atoms with Gasteiger partial charge < -0.3 is 21.1 Å². The number of hydrogen-bond acceptors (Lipinski definition) is 6. The number of nitrogens with one attached hydrogen (secondary N) is 1. The van der Waals surface area contributed by atoms with E-state index in [1.807, 2.05) is 0 Å². The average molecular weight is 377 g/mol. The van der Waals surface area contributed by atoms with E-state index >= 15 is 0 Å². The van der Waals surface area contributed by atoms with Gasteiger partial charge in [0.2, 0.25) is 0 Å². The molecule has 0 bridgehead atoms. The van der Waals surface area contributed by atoms with Crippen molar-refractivity contribution in [3.63, 3.8) is 0 Å². The number of aromatic nitrogens is 3. The first kappa shape index (κ1) is 18.3. The second-order valence-corrected chi connectivity index (χ2v) is 6.82. The van der Waals surface area contributed by atoms with Crippen LogP contribution in [0.5, 0.6) is 0 Å². The quantitative estimate of drug-likeness (QED) is 0.527. The Morgan fingerprint density at radius 3 is 2.96 bits per heavy atom. The molecule has 0 saturated heterocycles. The second-order valence-electron chi connectivity index (χ2n) is 6.43. The lowest BCUT2D eigenvalue weighted by Crippen LogP contribution is -2.32. The van der Waals surface area contributed by atoms with Gasteiger partial charge in [-0.25, -0.2) is 4.98 Å². The number of aliphatic hydroxyl groups excluding tert-OH is 1. The summed E-state index contributed by atoms with van der Waals surface area (Å²) in [7, 11) is 0. The lowest BCUT2D eigenvalue weighted by molar-refractivity contribution is 0.0714. The fraction of sp³-hybridized carbons (Fsp3) is 0.412. The van der Waals surface area contributed by atoms with Crippen molar-refractivity contribution >= 4 is 35.7 Å². The summed E-state index contributed by atoms with van der Waals surface area (Å²) in [6.45, 7) is 4.08. The van der Waals surface area contributed by atoms with Crippen LogP contribution in [0.4, 0.5) is 11.5 Å². The van der Waals surface area contributed by atoms with Crippen LogP contribution in [0, 0.1) is 5.92 Å². The van der Waals surface area contributed by atoms with Crippen LogP contribution < -0.4 is 11.1 Å². The Labute approximate surface area is 156 Å². The topological polar surface area (TPSA) is 118 Å². The predicted octanol–water partition coefficient (Wildman–Crippen LogP) is 2.18. The highest BCUT2D eigenvalue weighted by Gasteiger charge is 2.32. The summed E-state index contributed by atoms with van der Waals surface area (Å²) in [5, 5.41) is 17.9. The van der Waals surface area contributed by atoms with E-state index in [1.165, 1.54) is 0 Å². The van der Waals surface area contributed by atoms with E-state index in [9.17, 15) is 9.90 Å². The Hall–Kier alpha value is -2.45. The van der Waals surface area contributed by atoms with E-state index in [0.29, 0.717) is 36.0 Å². The average Bonchev–Trinajstić information content (AvgIpc) is 3.01. The predicted molar refractivity (Wildman–Crippen MR) is 100 cm³/mol. The maximum Gasteiger partial charge on any atom is 0.254 e. The van der Waals surface area contributed by atoms with Gasteiger partial charge in [0.05, 0.1) is 24.0 Å². The molecule has 138 valence electrons. The smallest absolute Gasteiger partial charge is 0.254 e. The lowest BCUT2D eigenvalue weighted by atomic mass is 9.83. The summed E-state index contributed by atoms with van der Waals surface area (Å²) in [5.41, 5.74) is 6.45. The molecule has 3 rings (SSSR count). The highest BCUT2D eigenvalue weighted by atomic mass is 35.5. The van der Waals surface area contributed by atoms with Gasteiger partial charge in [0, 0.05) is 18.7 Å². The van der Waals surface area contributed by atoms with Crippen LogP contribution in [0.15, 0.2) is 29.5 Å². The minimum atomic E-state index is -0.574. The Balaban J connectivity index is 1.89. The van der Waals surface area contributed by atoms with Crippen molar-refractivity contribution in [2.24, 2.45) is 16.6 Å². The molecule has 1 saturated carbocycles. The zero-order valence-corrected chi connectivity index (χ0v) is 14.9. The first-order valence-corrected chi connectivity index (χ1v) is 8.73. The molecule has 0 aliphatic heterocycles. The van der Waals surface area contributed by atoms with Crippen molar-refractivity contribution in [1.29, 1.82) is 0 Å². The van der Waals surface area contributed by atoms with Gasteiger partial charge >= 0.3 is 0 Å². The number of carbonyl (C=O) groups excluding carboxylic acids is 1. The van der Waals surface area contributed by atoms with Crippen molar-refractivity contribution < 1.29 is 9.90 Å². The molecule has 2 heterocycles. The van der Waals surface area contributed by atoms with Crippen molar-refractivity contribution in [3.05, 3.63) is 35.2 Å². The van der Waals surface area contributed by atoms with Gasteiger partial charge in [-0.2, -0.15) is 5.10 Å². The summed E-state index contributed by atoms with van der Waals surface area (Å²) in [6.07, 6.45) is 4.89. The molecule has 0 radical (unpaired) electrons. The first-order valence-electron chi connectivity index (χ1n) is 8.36. The molecule has 1 aliphatic rings. The molecule has 3 atom stereocenters. The van der Waals surface area contributed by atoms with E-state index < -0.39 is 5.91 Å². The third-order valence-electron chi connectivity index (χ3n) is 4.61. The molecule has 1 amide bonds. The van der Waals surface area contributed by atoms with Gasteiger partial charge in [-0.1, -0.05) is 11.6 Å². The molecule has 9 heteroatoms.